The molecule has 0 unspecified atom stereocenters. The summed E-state index contributed by atoms with van der Waals surface area (Å²) in [6, 6.07) is 9.52. The number of benzene rings is 2. The number of carbonyl (C=O) groups excluding carboxylic acids is 1. The minimum Gasteiger partial charge on any atom is -0.380 e. The first-order valence-electron chi connectivity index (χ1n) is 13.1. The number of fused-ring (bicyclic) bond motifs is 1. The molecule has 1 spiro atoms. The van der Waals surface area contributed by atoms with Crippen LogP contribution in [-0.4, -0.2) is 65.1 Å². The molecule has 8 nitrogen and oxygen atoms in total. The molecule has 0 N–H and O–H groups in total. The van der Waals surface area contributed by atoms with Gasteiger partial charge in [-0.05, 0) is 41.0 Å². The lowest BCUT2D eigenvalue weighted by atomic mass is 9.74. The molecule has 1 amide bonds. The van der Waals surface area contributed by atoms with Crippen LogP contribution in [0.3, 0.4) is 0 Å². The zero-order valence-corrected chi connectivity index (χ0v) is 21.7. The molecule has 4 aliphatic rings. The van der Waals surface area contributed by atoms with Crippen LogP contribution in [0.1, 0.15) is 44.6 Å². The minimum absolute atomic E-state index is 0.0386. The lowest BCUT2D eigenvalue weighted by Crippen LogP contribution is -2.65. The van der Waals surface area contributed by atoms with E-state index in [1.807, 2.05) is 0 Å². The molecule has 0 aliphatic carbocycles. The number of carbonyl (C=O) groups is 1. The lowest BCUT2D eigenvalue weighted by Gasteiger charge is -2.55. The number of aromatic nitrogens is 3. The summed E-state index contributed by atoms with van der Waals surface area (Å²) in [5.41, 5.74) is -0.237. The van der Waals surface area contributed by atoms with Crippen LogP contribution < -0.4 is 4.90 Å². The van der Waals surface area contributed by atoms with Crippen molar-refractivity contribution in [2.24, 2.45) is 12.5 Å². The second kappa shape index (κ2) is 8.82. The number of alkyl halides is 4. The highest BCUT2D eigenvalue weighted by molar-refractivity contribution is 6.10. The standard InChI is InChI=1S/C28H27F4N5O3/c1-35-16-33-34-24(35)23(29)27(14-40-15-27)18-3-2-4-19(7-18)37-9-21-20(25(37)38)5-17(6-22(21)28(30,31)32)8-36-10-26(11-36)12-39-13-26/h2-7,16,23H,8-15H2,1H3/t23-/m1/s1. The number of halogens is 4. The van der Waals surface area contributed by atoms with Crippen molar-refractivity contribution in [1.29, 1.82) is 0 Å². The van der Waals surface area contributed by atoms with E-state index in [0.717, 1.165) is 13.1 Å². The number of amides is 1. The molecule has 40 heavy (non-hydrogen) atoms. The number of hydrogen-bond acceptors (Lipinski definition) is 6. The van der Waals surface area contributed by atoms with Crippen LogP contribution >= 0.6 is 0 Å². The maximum absolute atomic E-state index is 15.8. The average molecular weight is 558 g/mol. The molecule has 3 saturated heterocycles. The van der Waals surface area contributed by atoms with E-state index in [2.05, 4.69) is 15.1 Å². The Morgan fingerprint density at radius 1 is 1.07 bits per heavy atom. The Labute approximate surface area is 227 Å². The lowest BCUT2D eigenvalue weighted by molar-refractivity contribution is -0.191. The van der Waals surface area contributed by atoms with Gasteiger partial charge in [0.1, 0.15) is 6.33 Å². The molecule has 12 heteroatoms. The highest BCUT2D eigenvalue weighted by Gasteiger charge is 2.51. The van der Waals surface area contributed by atoms with Gasteiger partial charge in [0.15, 0.2) is 12.0 Å². The maximum Gasteiger partial charge on any atom is 0.416 e. The monoisotopic (exact) mass is 557 g/mol. The number of anilines is 1. The maximum atomic E-state index is 15.8. The third kappa shape index (κ3) is 3.87. The Hall–Kier alpha value is -3.35. The predicted molar refractivity (Wildman–Crippen MR) is 134 cm³/mol. The van der Waals surface area contributed by atoms with Crippen molar-refractivity contribution < 1.29 is 31.8 Å². The fourth-order valence-electron chi connectivity index (χ4n) is 6.40. The normalized spacial score (nSPS) is 22.0. The Morgan fingerprint density at radius 2 is 1.82 bits per heavy atom. The smallest absolute Gasteiger partial charge is 0.380 e. The summed E-state index contributed by atoms with van der Waals surface area (Å²) in [7, 11) is 1.65. The van der Waals surface area contributed by atoms with E-state index in [1.165, 1.54) is 21.9 Å². The second-order valence-corrected chi connectivity index (χ2v) is 11.6. The molecule has 7 rings (SSSR count). The van der Waals surface area contributed by atoms with E-state index in [-0.39, 0.29) is 42.1 Å². The van der Waals surface area contributed by atoms with Gasteiger partial charge in [0.25, 0.3) is 5.91 Å². The number of ether oxygens (including phenoxy) is 2. The van der Waals surface area contributed by atoms with Crippen LogP contribution in [0.2, 0.25) is 0 Å². The molecule has 4 aliphatic heterocycles. The number of rotatable bonds is 6. The van der Waals surface area contributed by atoms with Crippen molar-refractivity contribution in [1.82, 2.24) is 19.7 Å². The largest absolute Gasteiger partial charge is 0.416 e. The summed E-state index contributed by atoms with van der Waals surface area (Å²) in [6.07, 6.45) is -4.72. The number of nitrogens with zero attached hydrogens (tertiary/aromatic N) is 5. The Bertz CT molecular complexity index is 1490. The molecule has 5 heterocycles. The van der Waals surface area contributed by atoms with E-state index < -0.39 is 29.2 Å². The van der Waals surface area contributed by atoms with Crippen molar-refractivity contribution in [3.8, 4) is 0 Å². The van der Waals surface area contributed by atoms with Gasteiger partial charge in [-0.15, -0.1) is 10.2 Å². The van der Waals surface area contributed by atoms with Gasteiger partial charge in [-0.3, -0.25) is 9.69 Å². The summed E-state index contributed by atoms with van der Waals surface area (Å²) in [6.45, 7) is 3.23. The van der Waals surface area contributed by atoms with Crippen molar-refractivity contribution >= 4 is 11.6 Å². The van der Waals surface area contributed by atoms with Crippen molar-refractivity contribution in [3.05, 3.63) is 76.4 Å². The van der Waals surface area contributed by atoms with E-state index in [0.29, 0.717) is 36.6 Å². The second-order valence-electron chi connectivity index (χ2n) is 11.6. The molecule has 0 bridgehead atoms. The Balaban J connectivity index is 1.19. The van der Waals surface area contributed by atoms with Crippen LogP contribution in [-0.2, 0) is 41.2 Å². The summed E-state index contributed by atoms with van der Waals surface area (Å²) in [5.74, 6) is -0.352. The fourth-order valence-corrected chi connectivity index (χ4v) is 6.40. The summed E-state index contributed by atoms with van der Waals surface area (Å²) >= 11 is 0. The highest BCUT2D eigenvalue weighted by Crippen LogP contribution is 2.47. The van der Waals surface area contributed by atoms with E-state index in [4.69, 9.17) is 9.47 Å². The highest BCUT2D eigenvalue weighted by atomic mass is 19.4. The molecule has 3 aromatic rings. The van der Waals surface area contributed by atoms with Crippen LogP contribution in [0.15, 0.2) is 42.7 Å². The Morgan fingerprint density at radius 3 is 2.42 bits per heavy atom. The van der Waals surface area contributed by atoms with Gasteiger partial charge in [0.2, 0.25) is 0 Å². The molecule has 0 saturated carbocycles. The predicted octanol–water partition coefficient (Wildman–Crippen LogP) is 3.81. The van der Waals surface area contributed by atoms with E-state index in [1.54, 1.807) is 37.4 Å². The van der Waals surface area contributed by atoms with Gasteiger partial charge >= 0.3 is 6.18 Å². The van der Waals surface area contributed by atoms with Crippen LogP contribution in [0, 0.1) is 5.41 Å². The fraction of sp³-hybridized carbons (Fsp3) is 0.464. The molecule has 3 fully saturated rings. The zero-order chi connectivity index (χ0) is 27.9. The first-order valence-corrected chi connectivity index (χ1v) is 13.1. The molecule has 1 atom stereocenters. The molecule has 2 aromatic carbocycles. The first-order chi connectivity index (χ1) is 19.1. The first kappa shape index (κ1) is 25.6. The molecule has 0 radical (unpaired) electrons. The van der Waals surface area contributed by atoms with E-state index >= 15 is 4.39 Å². The number of likely N-dealkylation sites (tertiary alicyclic amines) is 1. The van der Waals surface area contributed by atoms with Crippen LogP contribution in [0.5, 0.6) is 0 Å². The molecular weight excluding hydrogens is 530 g/mol. The van der Waals surface area contributed by atoms with Crippen LogP contribution in [0.4, 0.5) is 23.2 Å². The molecule has 1 aromatic heterocycles. The van der Waals surface area contributed by atoms with Gasteiger partial charge in [0, 0.05) is 43.3 Å². The third-order valence-corrected chi connectivity index (χ3v) is 8.66. The van der Waals surface area contributed by atoms with Gasteiger partial charge < -0.3 is 18.9 Å². The summed E-state index contributed by atoms with van der Waals surface area (Å²) < 4.78 is 70.6. The third-order valence-electron chi connectivity index (χ3n) is 8.66. The van der Waals surface area contributed by atoms with Crippen molar-refractivity contribution in [2.45, 2.75) is 30.9 Å². The van der Waals surface area contributed by atoms with Gasteiger partial charge in [-0.1, -0.05) is 12.1 Å². The average Bonchev–Trinajstić information content (AvgIpc) is 3.41. The summed E-state index contributed by atoms with van der Waals surface area (Å²) in [5, 5.41) is 7.69. The quantitative estimate of drug-likeness (QED) is 0.430. The zero-order valence-electron chi connectivity index (χ0n) is 21.7. The van der Waals surface area contributed by atoms with Gasteiger partial charge in [-0.2, -0.15) is 13.2 Å². The molecular formula is C28H27F4N5O3. The Kier molecular flexibility index (Phi) is 5.65. The number of aryl methyl sites for hydroxylation is 1. The van der Waals surface area contributed by atoms with Crippen LogP contribution in [0.25, 0.3) is 0 Å². The number of hydrogen-bond donors (Lipinski definition) is 0. The van der Waals surface area contributed by atoms with Gasteiger partial charge in [-0.25, -0.2) is 4.39 Å². The van der Waals surface area contributed by atoms with Crippen molar-refractivity contribution in [3.63, 3.8) is 0 Å². The van der Waals surface area contributed by atoms with E-state index in [9.17, 15) is 18.0 Å². The topological polar surface area (TPSA) is 72.7 Å². The SMILES string of the molecule is Cn1cnnc1[C@@H](F)C1(c2cccc(N3Cc4c(cc(CN5CC6(COC6)C5)cc4C(F)(F)F)C3=O)c2)COC1. The van der Waals surface area contributed by atoms with Crippen molar-refractivity contribution in [2.75, 3.05) is 44.4 Å². The summed E-state index contributed by atoms with van der Waals surface area (Å²) in [4.78, 5) is 17.0. The molecule has 210 valence electrons. The van der Waals surface area contributed by atoms with Gasteiger partial charge in [0.05, 0.1) is 44.0 Å². The minimum atomic E-state index is -4.61.